The maximum Gasteiger partial charge on any atom is 0.311 e. The minimum atomic E-state index is -0.846. The van der Waals surface area contributed by atoms with Crippen LogP contribution in [0.5, 0.6) is 0 Å². The highest BCUT2D eigenvalue weighted by atomic mass is 35.5. The SMILES string of the molecule is CCC1(C(=O)O)CCN(c2c(Cl)cc([N+](=O)[O-])cc2Cl)C1. The molecule has 1 aromatic carbocycles. The van der Waals surface area contributed by atoms with Crippen LogP contribution in [0.3, 0.4) is 0 Å². The molecular formula is C13H14Cl2N2O4. The van der Waals surface area contributed by atoms with Gasteiger partial charge in [0.15, 0.2) is 0 Å². The van der Waals surface area contributed by atoms with E-state index in [0.29, 0.717) is 25.1 Å². The van der Waals surface area contributed by atoms with Crippen molar-refractivity contribution in [1.82, 2.24) is 0 Å². The van der Waals surface area contributed by atoms with Gasteiger partial charge in [0.25, 0.3) is 5.69 Å². The van der Waals surface area contributed by atoms with E-state index >= 15 is 0 Å². The second-order valence-corrected chi connectivity index (χ2v) is 5.94. The smallest absolute Gasteiger partial charge is 0.311 e. The maximum atomic E-state index is 11.5. The number of hydrogen-bond acceptors (Lipinski definition) is 4. The van der Waals surface area contributed by atoms with Crippen molar-refractivity contribution in [2.75, 3.05) is 18.0 Å². The van der Waals surface area contributed by atoms with Crippen molar-refractivity contribution < 1.29 is 14.8 Å². The lowest BCUT2D eigenvalue weighted by atomic mass is 9.84. The second-order valence-electron chi connectivity index (χ2n) is 5.13. The molecule has 0 aromatic heterocycles. The number of carboxylic acids is 1. The fourth-order valence-electron chi connectivity index (χ4n) is 2.64. The normalized spacial score (nSPS) is 21.6. The van der Waals surface area contributed by atoms with Crippen LogP contribution in [0, 0.1) is 15.5 Å². The van der Waals surface area contributed by atoms with Crippen LogP contribution in [0.1, 0.15) is 19.8 Å². The number of anilines is 1. The predicted octanol–water partition coefficient (Wildman–Crippen LogP) is 3.59. The van der Waals surface area contributed by atoms with Crippen molar-refractivity contribution >= 4 is 40.5 Å². The van der Waals surface area contributed by atoms with Crippen molar-refractivity contribution in [2.24, 2.45) is 5.41 Å². The Morgan fingerprint density at radius 2 is 2.05 bits per heavy atom. The van der Waals surface area contributed by atoms with Gasteiger partial charge in [-0.15, -0.1) is 0 Å². The van der Waals surface area contributed by atoms with E-state index in [2.05, 4.69) is 0 Å². The zero-order chi connectivity index (χ0) is 15.8. The lowest BCUT2D eigenvalue weighted by Gasteiger charge is -2.25. The van der Waals surface area contributed by atoms with Crippen LogP contribution in [0.4, 0.5) is 11.4 Å². The molecule has 0 aliphatic carbocycles. The number of halogens is 2. The van der Waals surface area contributed by atoms with Crippen LogP contribution in [-0.2, 0) is 4.79 Å². The van der Waals surface area contributed by atoms with Crippen LogP contribution >= 0.6 is 23.2 Å². The van der Waals surface area contributed by atoms with E-state index in [1.165, 1.54) is 12.1 Å². The Balaban J connectivity index is 2.37. The molecule has 0 saturated carbocycles. The van der Waals surface area contributed by atoms with E-state index in [0.717, 1.165) is 0 Å². The lowest BCUT2D eigenvalue weighted by molar-refractivity contribution is -0.384. The molecule has 1 atom stereocenters. The van der Waals surface area contributed by atoms with Gasteiger partial charge in [-0.25, -0.2) is 0 Å². The number of non-ortho nitro benzene ring substituents is 1. The third kappa shape index (κ3) is 2.78. The van der Waals surface area contributed by atoms with Crippen LogP contribution < -0.4 is 4.90 Å². The Morgan fingerprint density at radius 3 is 2.43 bits per heavy atom. The van der Waals surface area contributed by atoms with E-state index in [1.54, 1.807) is 4.90 Å². The van der Waals surface area contributed by atoms with Crippen molar-refractivity contribution in [3.63, 3.8) is 0 Å². The van der Waals surface area contributed by atoms with Crippen molar-refractivity contribution in [2.45, 2.75) is 19.8 Å². The fraction of sp³-hybridized carbons (Fsp3) is 0.462. The topological polar surface area (TPSA) is 83.7 Å². The van der Waals surface area contributed by atoms with Gasteiger partial charge in [0.05, 0.1) is 26.1 Å². The number of benzene rings is 1. The van der Waals surface area contributed by atoms with Gasteiger partial charge in [-0.2, -0.15) is 0 Å². The first kappa shape index (κ1) is 15.9. The molecule has 6 nitrogen and oxygen atoms in total. The van der Waals surface area contributed by atoms with Gasteiger partial charge in [-0.1, -0.05) is 30.1 Å². The summed E-state index contributed by atoms with van der Waals surface area (Å²) in [6.45, 7) is 2.62. The van der Waals surface area contributed by atoms with Crippen molar-refractivity contribution in [3.05, 3.63) is 32.3 Å². The zero-order valence-corrected chi connectivity index (χ0v) is 12.8. The molecule has 1 aromatic rings. The first-order valence-corrected chi connectivity index (χ1v) is 7.18. The molecular weight excluding hydrogens is 319 g/mol. The van der Waals surface area contributed by atoms with Crippen molar-refractivity contribution in [1.29, 1.82) is 0 Å². The standard InChI is InChI=1S/C13H14Cl2N2O4/c1-2-13(12(18)19)3-4-16(7-13)11-9(14)5-8(17(20)21)6-10(11)15/h5-6H,2-4,7H2,1H3,(H,18,19). The molecule has 2 rings (SSSR count). The third-order valence-electron chi connectivity index (χ3n) is 4.01. The monoisotopic (exact) mass is 332 g/mol. The molecule has 0 bridgehead atoms. The summed E-state index contributed by atoms with van der Waals surface area (Å²) in [6, 6.07) is 2.46. The summed E-state index contributed by atoms with van der Waals surface area (Å²) in [5.74, 6) is -0.846. The Labute approximate surface area is 131 Å². The number of carboxylic acid groups (broad SMARTS) is 1. The van der Waals surface area contributed by atoms with E-state index in [-0.39, 0.29) is 22.3 Å². The molecule has 1 heterocycles. The fourth-order valence-corrected chi connectivity index (χ4v) is 3.35. The highest BCUT2D eigenvalue weighted by molar-refractivity contribution is 6.39. The summed E-state index contributed by atoms with van der Waals surface area (Å²) in [5, 5.41) is 20.5. The highest BCUT2D eigenvalue weighted by Crippen LogP contribution is 2.43. The summed E-state index contributed by atoms with van der Waals surface area (Å²) in [5.41, 5.74) is -0.553. The summed E-state index contributed by atoms with van der Waals surface area (Å²) in [6.07, 6.45) is 0.990. The zero-order valence-electron chi connectivity index (χ0n) is 11.3. The first-order valence-electron chi connectivity index (χ1n) is 6.42. The molecule has 1 fully saturated rings. The Kier molecular flexibility index (Phi) is 4.30. The molecule has 1 unspecified atom stereocenters. The number of nitro groups is 1. The highest BCUT2D eigenvalue weighted by Gasteiger charge is 2.44. The van der Waals surface area contributed by atoms with E-state index in [9.17, 15) is 20.0 Å². The van der Waals surface area contributed by atoms with Gasteiger partial charge >= 0.3 is 5.97 Å². The Morgan fingerprint density at radius 1 is 1.48 bits per heavy atom. The van der Waals surface area contributed by atoms with E-state index < -0.39 is 16.3 Å². The van der Waals surface area contributed by atoms with E-state index in [1.807, 2.05) is 6.92 Å². The summed E-state index contributed by atoms with van der Waals surface area (Å²) in [4.78, 5) is 23.4. The van der Waals surface area contributed by atoms with Gasteiger partial charge in [0, 0.05) is 25.2 Å². The quantitative estimate of drug-likeness (QED) is 0.672. The molecule has 1 saturated heterocycles. The molecule has 21 heavy (non-hydrogen) atoms. The van der Waals surface area contributed by atoms with Crippen molar-refractivity contribution in [3.8, 4) is 0 Å². The minimum Gasteiger partial charge on any atom is -0.481 e. The minimum absolute atomic E-state index is 0.159. The molecule has 8 heteroatoms. The molecule has 0 spiro atoms. The predicted molar refractivity (Wildman–Crippen MR) is 80.3 cm³/mol. The molecule has 1 aliphatic rings. The Hall–Kier alpha value is -1.53. The average Bonchev–Trinajstić information content (AvgIpc) is 2.83. The summed E-state index contributed by atoms with van der Waals surface area (Å²) in [7, 11) is 0. The maximum absolute atomic E-state index is 11.5. The number of hydrogen-bond donors (Lipinski definition) is 1. The molecule has 1 N–H and O–H groups in total. The number of aliphatic carboxylic acids is 1. The molecule has 0 radical (unpaired) electrons. The third-order valence-corrected chi connectivity index (χ3v) is 4.59. The lowest BCUT2D eigenvalue weighted by Crippen LogP contribution is -2.34. The molecule has 1 aliphatic heterocycles. The largest absolute Gasteiger partial charge is 0.481 e. The number of carbonyl (C=O) groups is 1. The van der Waals surface area contributed by atoms with Gasteiger partial charge in [0.1, 0.15) is 0 Å². The van der Waals surface area contributed by atoms with Gasteiger partial charge in [-0.3, -0.25) is 14.9 Å². The van der Waals surface area contributed by atoms with Crippen LogP contribution in [-0.4, -0.2) is 29.1 Å². The molecule has 114 valence electrons. The summed E-state index contributed by atoms with van der Waals surface area (Å²) < 4.78 is 0. The number of nitro benzene ring substituents is 1. The number of nitrogens with zero attached hydrogens (tertiary/aromatic N) is 2. The second kappa shape index (κ2) is 5.69. The molecule has 0 amide bonds. The summed E-state index contributed by atoms with van der Waals surface area (Å²) >= 11 is 12.2. The number of rotatable bonds is 4. The van der Waals surface area contributed by atoms with E-state index in [4.69, 9.17) is 23.2 Å². The van der Waals surface area contributed by atoms with Crippen LogP contribution in [0.15, 0.2) is 12.1 Å². The Bertz CT molecular complexity index is 585. The van der Waals surface area contributed by atoms with Crippen LogP contribution in [0.2, 0.25) is 10.0 Å². The van der Waals surface area contributed by atoms with Gasteiger partial charge in [0.2, 0.25) is 0 Å². The average molecular weight is 333 g/mol. The van der Waals surface area contributed by atoms with Gasteiger partial charge in [-0.05, 0) is 12.8 Å². The van der Waals surface area contributed by atoms with Gasteiger partial charge < -0.3 is 10.0 Å². The van der Waals surface area contributed by atoms with Crippen LogP contribution in [0.25, 0.3) is 0 Å². The first-order chi connectivity index (χ1) is 9.80.